The monoisotopic (exact) mass is 1650 g/mol. The first kappa shape index (κ1) is 92.7. The molecule has 1 unspecified atom stereocenters. The molecule has 4 atom stereocenters. The first-order valence-electron chi connectivity index (χ1n) is 43.0. The van der Waals surface area contributed by atoms with Gasteiger partial charge in [-0.2, -0.15) is 15.3 Å². The van der Waals surface area contributed by atoms with Gasteiger partial charge in [0, 0.05) is 44.2 Å². The third-order valence-corrected chi connectivity index (χ3v) is 23.0. The van der Waals surface area contributed by atoms with Gasteiger partial charge in [-0.3, -0.25) is 47.6 Å². The molecule has 8 aromatic rings. The van der Waals surface area contributed by atoms with E-state index in [-0.39, 0.29) is 83.5 Å². The summed E-state index contributed by atoms with van der Waals surface area (Å²) < 4.78 is 44.0. The molecule has 3 aliphatic rings. The number of esters is 1. The Morgan fingerprint density at radius 3 is 1.19 bits per heavy atom. The first-order valence-corrected chi connectivity index (χ1v) is 43.0. The predicted molar refractivity (Wildman–Crippen MR) is 466 cm³/mol. The number of carbonyl (C=O) groups is 7. The van der Waals surface area contributed by atoms with Gasteiger partial charge in [-0.05, 0) is 160 Å². The molecule has 26 nitrogen and oxygen atoms in total. The van der Waals surface area contributed by atoms with Crippen LogP contribution in [0.25, 0.3) is 33.8 Å². The maximum Gasteiger partial charge on any atom is 0.325 e. The van der Waals surface area contributed by atoms with Crippen molar-refractivity contribution in [2.24, 2.45) is 23.7 Å². The molecular weight excluding hydrogens is 1520 g/mol. The van der Waals surface area contributed by atoms with Crippen molar-refractivity contribution in [1.82, 2.24) is 61.2 Å². The van der Waals surface area contributed by atoms with Gasteiger partial charge in [0.1, 0.15) is 53.1 Å². The Labute approximate surface area is 708 Å². The van der Waals surface area contributed by atoms with Crippen molar-refractivity contribution in [2.75, 3.05) is 56.3 Å². The van der Waals surface area contributed by atoms with E-state index in [1.54, 1.807) is 65.5 Å². The van der Waals surface area contributed by atoms with Gasteiger partial charge in [0.05, 0.1) is 83.5 Å². The molecule has 0 aliphatic heterocycles. The summed E-state index contributed by atoms with van der Waals surface area (Å²) in [6, 6.07) is 40.7. The first-order chi connectivity index (χ1) is 58.1. The second-order valence-corrected chi connectivity index (χ2v) is 32.0. The molecule has 3 aromatic heterocycles. The molecule has 0 saturated heterocycles. The number of ether oxygens (including phenoxy) is 7. The second-order valence-electron chi connectivity index (χ2n) is 32.0. The van der Waals surface area contributed by atoms with E-state index in [0.29, 0.717) is 110 Å². The maximum absolute atomic E-state index is 13.6. The number of hydrogen-bond acceptors (Lipinski definition) is 17. The van der Waals surface area contributed by atoms with Crippen LogP contribution < -0.4 is 60.3 Å². The lowest BCUT2D eigenvalue weighted by Gasteiger charge is -2.29. The molecule has 5 aromatic carbocycles. The van der Waals surface area contributed by atoms with Crippen LogP contribution in [0, 0.1) is 23.7 Å². The summed E-state index contributed by atoms with van der Waals surface area (Å²) in [4.78, 5) is 91.3. The topological polar surface area (TPSA) is 310 Å². The molecule has 6 amide bonds. The Balaban J connectivity index is 0.000000205. The zero-order valence-corrected chi connectivity index (χ0v) is 72.7. The van der Waals surface area contributed by atoms with Gasteiger partial charge in [-0.1, -0.05) is 185 Å². The fourth-order valence-corrected chi connectivity index (χ4v) is 15.3. The summed E-state index contributed by atoms with van der Waals surface area (Å²) >= 11 is 0. The lowest BCUT2D eigenvalue weighted by molar-refractivity contribution is -0.141. The van der Waals surface area contributed by atoms with Crippen molar-refractivity contribution < 1.29 is 66.7 Å². The average Bonchev–Trinajstić information content (AvgIpc) is 1.63. The third-order valence-electron chi connectivity index (χ3n) is 23.0. The lowest BCUT2D eigenvalue weighted by atomic mass is 9.85. The number of benzene rings is 5. The van der Waals surface area contributed by atoms with Gasteiger partial charge in [-0.25, -0.2) is 0 Å². The molecular formula is C94H128N12O14. The van der Waals surface area contributed by atoms with E-state index in [4.69, 9.17) is 38.6 Å². The molecule has 0 radical (unpaired) electrons. The summed E-state index contributed by atoms with van der Waals surface area (Å²) in [7, 11) is 10.9. The lowest BCUT2D eigenvalue weighted by Crippen LogP contribution is -2.51. The number of nitrogens with zero attached hydrogens (tertiary/aromatic N) is 6. The van der Waals surface area contributed by atoms with Crippen LogP contribution in [-0.2, 0) is 56.4 Å². The molecule has 3 fully saturated rings. The van der Waals surface area contributed by atoms with E-state index < -0.39 is 24.1 Å². The Morgan fingerprint density at radius 1 is 0.442 bits per heavy atom. The minimum absolute atomic E-state index is 0.0628. The van der Waals surface area contributed by atoms with Gasteiger partial charge in [0.2, 0.25) is 17.7 Å². The molecule has 0 bridgehead atoms. The Kier molecular flexibility index (Phi) is 36.7. The molecule has 6 N–H and O–H groups in total. The van der Waals surface area contributed by atoms with Crippen LogP contribution in [0.15, 0.2) is 133 Å². The molecule has 26 heteroatoms. The second kappa shape index (κ2) is 47.6. The van der Waals surface area contributed by atoms with Gasteiger partial charge in [0.25, 0.3) is 17.7 Å². The minimum Gasteiger partial charge on any atom is -0.496 e. The fourth-order valence-electron chi connectivity index (χ4n) is 15.3. The van der Waals surface area contributed by atoms with Gasteiger partial charge in [0.15, 0.2) is 17.1 Å². The van der Waals surface area contributed by atoms with E-state index in [1.165, 1.54) is 39.2 Å². The molecule has 3 saturated carbocycles. The number of aromatic nitrogens is 6. The van der Waals surface area contributed by atoms with Crippen LogP contribution >= 0.6 is 0 Å². The highest BCUT2D eigenvalue weighted by Crippen LogP contribution is 2.42. The highest BCUT2D eigenvalue weighted by atomic mass is 16.5. The zero-order chi connectivity index (χ0) is 86.0. The van der Waals surface area contributed by atoms with E-state index in [9.17, 15) is 33.6 Å². The smallest absolute Gasteiger partial charge is 0.325 e. The van der Waals surface area contributed by atoms with E-state index in [2.05, 4.69) is 83.3 Å². The number of amides is 6. The summed E-state index contributed by atoms with van der Waals surface area (Å²) in [5, 5.41) is 32.0. The zero-order valence-electron chi connectivity index (χ0n) is 72.7. The number of hydrogen-bond donors (Lipinski definition) is 6. The Hall–Kier alpha value is -11.2. The summed E-state index contributed by atoms with van der Waals surface area (Å²) in [5.41, 5.74) is 7.39. The van der Waals surface area contributed by atoms with Crippen LogP contribution in [0.2, 0.25) is 0 Å². The van der Waals surface area contributed by atoms with Gasteiger partial charge in [-0.15, -0.1) is 0 Å². The van der Waals surface area contributed by atoms with Crippen molar-refractivity contribution in [3.63, 3.8) is 0 Å². The number of methoxy groups -OCH3 is 7. The standard InChI is InChI=1S/C32H42N4O4.C31H46N4O6.C31H40N4O4/c1-5-22(6-2)21-36-27(30-28(39-3)16-11-17-29(30)40-4)20-26(35-36)32(38)34-25(31(37)33-24-14-10-15-24)19-18-23-12-8-7-9-13-23;1-21(2)20-35-25(30-26(39-3)15-10-16-27(30)40-4)18-24(34-35)31(38)33-23(17-28(36)32-19-29(37)41-5)14-9-13-22-11-7-6-8-12-22;1-5-21(2)20-35-26(29-27(38-3)15-10-16-28(29)39-4)19-25(34-35)31(37)33-24(30(36)32-23-13-9-14-23)18-17-22-11-7-6-8-12-22/h7-9,11-13,16-17,20,22,24-25H,5-6,10,14-15,18-19,21H2,1-4H3,(H,33,37)(H,34,38);10,15-16,18,21-23H,6-9,11-14,17,19-20H2,1-5H3,(H,32,36)(H,33,38);6-8,10-12,15-16,19,21,23-24H,5,9,13-14,17-18,20H2,1-4H3,(H,32,36)(H,33,37)/t25-;23-;21?,24-/m000/s1. The SMILES string of the molecule is CCC(C)Cn1nc(C(=O)N[C@@H](CCc2ccccc2)C(=O)NC2CCC2)cc1-c1c(OC)cccc1OC.CCC(CC)Cn1nc(C(=O)N[C@@H](CCc2ccccc2)C(=O)NC2CCC2)cc1-c1c(OC)cccc1OC.COC(=O)CNC(=O)C[C@H](CCCC1CCCCC1)NC(=O)c1cc(-c2c(OC)cccc2OC)n(CC(C)C)n1. The van der Waals surface area contributed by atoms with Crippen molar-refractivity contribution in [1.29, 1.82) is 0 Å². The van der Waals surface area contributed by atoms with Gasteiger partial charge < -0.3 is 65.1 Å². The van der Waals surface area contributed by atoms with Crippen molar-refractivity contribution >= 4 is 41.4 Å². The summed E-state index contributed by atoms with van der Waals surface area (Å²) in [6.45, 7) is 14.4. The quantitative estimate of drug-likeness (QED) is 0.0194. The van der Waals surface area contributed by atoms with Crippen LogP contribution in [0.5, 0.6) is 34.5 Å². The largest absolute Gasteiger partial charge is 0.496 e. The van der Waals surface area contributed by atoms with E-state index in [1.807, 2.05) is 125 Å². The molecule has 120 heavy (non-hydrogen) atoms. The normalized spacial score (nSPS) is 14.3. The van der Waals surface area contributed by atoms with Crippen LogP contribution in [0.3, 0.4) is 0 Å². The fraction of sp³-hybridized carbons (Fsp3) is 0.511. The molecule has 648 valence electrons. The summed E-state index contributed by atoms with van der Waals surface area (Å²) in [5.74, 6) is 3.24. The highest BCUT2D eigenvalue weighted by molar-refractivity contribution is 5.99. The van der Waals surface area contributed by atoms with Crippen molar-refractivity contribution in [3.05, 3.63) is 162 Å². The average molecular weight is 1650 g/mol. The van der Waals surface area contributed by atoms with E-state index in [0.717, 1.165) is 110 Å². The highest BCUT2D eigenvalue weighted by Gasteiger charge is 2.33. The molecule has 3 aliphatic carbocycles. The number of nitrogens with one attached hydrogen (secondary N) is 6. The van der Waals surface area contributed by atoms with Crippen LogP contribution in [0.1, 0.15) is 213 Å². The third kappa shape index (κ3) is 26.7. The van der Waals surface area contributed by atoms with Crippen molar-refractivity contribution in [3.8, 4) is 68.3 Å². The molecule has 11 rings (SSSR count). The Bertz CT molecular complexity index is 4510. The molecule has 0 spiro atoms. The Morgan fingerprint density at radius 2 is 0.833 bits per heavy atom. The number of aryl methyl sites for hydroxylation is 2. The van der Waals surface area contributed by atoms with Crippen LogP contribution in [-0.4, -0.2) is 157 Å². The minimum atomic E-state index is -0.665. The summed E-state index contributed by atoms with van der Waals surface area (Å²) in [6.07, 6.45) is 20.5. The molecule has 3 heterocycles. The number of rotatable bonds is 42. The predicted octanol–water partition coefficient (Wildman–Crippen LogP) is 15.2. The van der Waals surface area contributed by atoms with Gasteiger partial charge >= 0.3 is 5.97 Å². The number of carbonyl (C=O) groups excluding carboxylic acids is 7. The van der Waals surface area contributed by atoms with Crippen molar-refractivity contribution in [2.45, 2.75) is 233 Å². The van der Waals surface area contributed by atoms with E-state index >= 15 is 0 Å². The van der Waals surface area contributed by atoms with Crippen LogP contribution in [0.4, 0.5) is 0 Å². The maximum atomic E-state index is 13.6.